The van der Waals surface area contributed by atoms with Crippen LogP contribution < -0.4 is 10.6 Å². The molecule has 0 amide bonds. The molecule has 0 aliphatic carbocycles. The van der Waals surface area contributed by atoms with Gasteiger partial charge < -0.3 is 20.1 Å². The van der Waals surface area contributed by atoms with E-state index in [0.29, 0.717) is 18.6 Å². The Morgan fingerprint density at radius 1 is 1.10 bits per heavy atom. The second-order valence-electron chi connectivity index (χ2n) is 8.06. The summed E-state index contributed by atoms with van der Waals surface area (Å²) in [5.74, 6) is 1.23. The molecule has 0 bridgehead atoms. The summed E-state index contributed by atoms with van der Waals surface area (Å²) in [4.78, 5) is 4.36. The van der Waals surface area contributed by atoms with E-state index in [2.05, 4.69) is 78.0 Å². The predicted octanol–water partition coefficient (Wildman–Crippen LogP) is 4.16. The summed E-state index contributed by atoms with van der Waals surface area (Å²) < 4.78 is 11.4. The van der Waals surface area contributed by atoms with E-state index in [1.165, 1.54) is 22.3 Å². The van der Waals surface area contributed by atoms with E-state index < -0.39 is 0 Å². The van der Waals surface area contributed by atoms with E-state index in [4.69, 9.17) is 9.47 Å². The zero-order valence-electron chi connectivity index (χ0n) is 18.5. The van der Waals surface area contributed by atoms with Gasteiger partial charge in [0.2, 0.25) is 0 Å². The van der Waals surface area contributed by atoms with Crippen molar-refractivity contribution in [1.29, 1.82) is 0 Å². The Bertz CT molecular complexity index is 798. The molecule has 0 saturated carbocycles. The van der Waals surface area contributed by atoms with Crippen molar-refractivity contribution in [2.75, 3.05) is 26.8 Å². The van der Waals surface area contributed by atoms with E-state index in [-0.39, 0.29) is 0 Å². The monoisotopic (exact) mass is 409 g/mol. The van der Waals surface area contributed by atoms with Gasteiger partial charge in [0, 0.05) is 33.4 Å². The van der Waals surface area contributed by atoms with Crippen LogP contribution in [0.2, 0.25) is 0 Å². The van der Waals surface area contributed by atoms with Crippen LogP contribution in [0.4, 0.5) is 0 Å². The molecule has 1 atom stereocenters. The number of aliphatic imine (C=N–C) groups is 1. The van der Waals surface area contributed by atoms with Gasteiger partial charge in [0.1, 0.15) is 0 Å². The average Bonchev–Trinajstić information content (AvgIpc) is 2.79. The molecule has 1 unspecified atom stereocenters. The number of ether oxygens (including phenoxy) is 2. The van der Waals surface area contributed by atoms with Crippen molar-refractivity contribution >= 4 is 5.96 Å². The lowest BCUT2D eigenvalue weighted by atomic mass is 10.0. The van der Waals surface area contributed by atoms with Gasteiger partial charge in [0.25, 0.3) is 0 Å². The van der Waals surface area contributed by atoms with Gasteiger partial charge in [-0.05, 0) is 42.4 Å². The molecular weight excluding hydrogens is 374 g/mol. The van der Waals surface area contributed by atoms with Gasteiger partial charge >= 0.3 is 0 Å². The number of hydrogen-bond acceptors (Lipinski definition) is 3. The van der Waals surface area contributed by atoms with Gasteiger partial charge in [-0.15, -0.1) is 0 Å². The van der Waals surface area contributed by atoms with Gasteiger partial charge in [0.05, 0.1) is 12.7 Å². The lowest BCUT2D eigenvalue weighted by Crippen LogP contribution is -2.38. The Labute approximate surface area is 180 Å². The van der Waals surface area contributed by atoms with Crippen LogP contribution in [0.5, 0.6) is 0 Å². The van der Waals surface area contributed by atoms with Crippen molar-refractivity contribution < 1.29 is 9.47 Å². The van der Waals surface area contributed by atoms with Crippen LogP contribution in [0.1, 0.15) is 47.9 Å². The summed E-state index contributed by atoms with van der Waals surface area (Å²) >= 11 is 0. The molecule has 1 fully saturated rings. The standard InChI is InChI=1S/C25H35N3O2/c1-19-7-9-23(10-8-19)20(2)16-27-25(26-3)28-17-21-5-4-6-22(15-21)18-30-24-11-13-29-14-12-24/h4-10,15,20,24H,11-14,16-18H2,1-3H3,(H2,26,27,28). The molecule has 0 radical (unpaired) electrons. The minimum atomic E-state index is 0.319. The molecule has 5 nitrogen and oxygen atoms in total. The molecule has 1 aliphatic heterocycles. The fraction of sp³-hybridized carbons (Fsp3) is 0.480. The summed E-state index contributed by atoms with van der Waals surface area (Å²) in [6, 6.07) is 17.3. The Hall–Kier alpha value is -2.37. The van der Waals surface area contributed by atoms with Crippen molar-refractivity contribution in [1.82, 2.24) is 10.6 Å². The van der Waals surface area contributed by atoms with Crippen LogP contribution in [0.3, 0.4) is 0 Å². The number of hydrogen-bond donors (Lipinski definition) is 2. The summed E-state index contributed by atoms with van der Waals surface area (Å²) in [5.41, 5.74) is 5.05. The number of rotatable bonds is 8. The van der Waals surface area contributed by atoms with Crippen molar-refractivity contribution in [3.05, 3.63) is 70.8 Å². The normalized spacial score (nSPS) is 16.3. The minimum absolute atomic E-state index is 0.319. The van der Waals surface area contributed by atoms with Crippen molar-refractivity contribution in [3.8, 4) is 0 Å². The van der Waals surface area contributed by atoms with Gasteiger partial charge in [0.15, 0.2) is 5.96 Å². The first-order valence-electron chi connectivity index (χ1n) is 10.9. The van der Waals surface area contributed by atoms with E-state index in [9.17, 15) is 0 Å². The summed E-state index contributed by atoms with van der Waals surface area (Å²) in [6.07, 6.45) is 2.30. The molecule has 30 heavy (non-hydrogen) atoms. The van der Waals surface area contributed by atoms with Crippen LogP contribution in [-0.4, -0.2) is 38.9 Å². The number of aryl methyl sites for hydroxylation is 1. The summed E-state index contributed by atoms with van der Waals surface area (Å²) in [6.45, 7) is 8.18. The Morgan fingerprint density at radius 3 is 2.57 bits per heavy atom. The van der Waals surface area contributed by atoms with Crippen LogP contribution in [0.15, 0.2) is 53.5 Å². The molecule has 2 aromatic carbocycles. The van der Waals surface area contributed by atoms with Crippen LogP contribution in [-0.2, 0) is 22.6 Å². The highest BCUT2D eigenvalue weighted by atomic mass is 16.5. The quantitative estimate of drug-likeness (QED) is 0.508. The SMILES string of the molecule is CN=C(NCc1cccc(COC2CCOCC2)c1)NCC(C)c1ccc(C)cc1. The average molecular weight is 410 g/mol. The second kappa shape index (κ2) is 11.7. The van der Waals surface area contributed by atoms with Gasteiger partial charge in [-0.1, -0.05) is 61.0 Å². The Morgan fingerprint density at radius 2 is 1.83 bits per heavy atom. The highest BCUT2D eigenvalue weighted by Crippen LogP contribution is 2.15. The van der Waals surface area contributed by atoms with Crippen LogP contribution in [0, 0.1) is 6.92 Å². The lowest BCUT2D eigenvalue weighted by molar-refractivity contribution is -0.0390. The molecule has 162 valence electrons. The maximum atomic E-state index is 6.05. The molecule has 0 aromatic heterocycles. The van der Waals surface area contributed by atoms with E-state index in [0.717, 1.165) is 45.1 Å². The third kappa shape index (κ3) is 7.15. The summed E-state index contributed by atoms with van der Waals surface area (Å²) in [7, 11) is 1.81. The zero-order chi connectivity index (χ0) is 21.2. The largest absolute Gasteiger partial charge is 0.381 e. The molecule has 5 heteroatoms. The van der Waals surface area contributed by atoms with Crippen molar-refractivity contribution in [2.24, 2.45) is 4.99 Å². The third-order valence-corrected chi connectivity index (χ3v) is 5.55. The lowest BCUT2D eigenvalue weighted by Gasteiger charge is -2.22. The molecule has 2 aromatic rings. The molecule has 1 saturated heterocycles. The highest BCUT2D eigenvalue weighted by Gasteiger charge is 2.14. The number of nitrogens with one attached hydrogen (secondary N) is 2. The van der Waals surface area contributed by atoms with Crippen molar-refractivity contribution in [2.45, 2.75) is 51.9 Å². The van der Waals surface area contributed by atoms with Crippen LogP contribution in [0.25, 0.3) is 0 Å². The second-order valence-corrected chi connectivity index (χ2v) is 8.06. The fourth-order valence-electron chi connectivity index (χ4n) is 3.56. The predicted molar refractivity (Wildman–Crippen MR) is 123 cm³/mol. The number of guanidine groups is 1. The Kier molecular flexibility index (Phi) is 8.72. The molecule has 1 aliphatic rings. The van der Waals surface area contributed by atoms with E-state index in [1.807, 2.05) is 7.05 Å². The maximum Gasteiger partial charge on any atom is 0.191 e. The molecule has 0 spiro atoms. The first kappa shape index (κ1) is 22.3. The highest BCUT2D eigenvalue weighted by molar-refractivity contribution is 5.79. The fourth-order valence-corrected chi connectivity index (χ4v) is 3.56. The third-order valence-electron chi connectivity index (χ3n) is 5.55. The Balaban J connectivity index is 1.44. The molecule has 3 rings (SSSR count). The maximum absolute atomic E-state index is 6.05. The summed E-state index contributed by atoms with van der Waals surface area (Å²) in [5, 5.41) is 6.85. The van der Waals surface area contributed by atoms with Gasteiger partial charge in [-0.25, -0.2) is 0 Å². The first-order valence-corrected chi connectivity index (χ1v) is 10.9. The van der Waals surface area contributed by atoms with Crippen molar-refractivity contribution in [3.63, 3.8) is 0 Å². The van der Waals surface area contributed by atoms with Crippen LogP contribution >= 0.6 is 0 Å². The molecule has 2 N–H and O–H groups in total. The van der Waals surface area contributed by atoms with Gasteiger partial charge in [-0.3, -0.25) is 4.99 Å². The number of benzene rings is 2. The van der Waals surface area contributed by atoms with E-state index in [1.54, 1.807) is 0 Å². The topological polar surface area (TPSA) is 54.9 Å². The zero-order valence-corrected chi connectivity index (χ0v) is 18.5. The molecule has 1 heterocycles. The van der Waals surface area contributed by atoms with Gasteiger partial charge in [-0.2, -0.15) is 0 Å². The first-order chi connectivity index (χ1) is 14.6. The molecular formula is C25H35N3O2. The smallest absolute Gasteiger partial charge is 0.191 e. The number of nitrogens with zero attached hydrogens (tertiary/aromatic N) is 1. The van der Waals surface area contributed by atoms with E-state index >= 15 is 0 Å². The minimum Gasteiger partial charge on any atom is -0.381 e.